The van der Waals surface area contributed by atoms with E-state index in [0.29, 0.717) is 23.9 Å². The first-order chi connectivity index (χ1) is 13.5. The molecule has 4 rings (SSSR count). The molecule has 0 saturated carbocycles. The molecule has 1 aliphatic rings. The van der Waals surface area contributed by atoms with Crippen LogP contribution in [0.1, 0.15) is 28.9 Å². The van der Waals surface area contributed by atoms with Crippen LogP contribution in [0.25, 0.3) is 15.9 Å². The Kier molecular flexibility index (Phi) is 5.10. The molecule has 1 saturated heterocycles. The number of aromatic nitrogens is 2. The van der Waals surface area contributed by atoms with E-state index in [1.165, 1.54) is 29.1 Å². The third-order valence-corrected chi connectivity index (χ3v) is 5.83. The number of hydrogen-bond acceptors (Lipinski definition) is 6. The lowest BCUT2D eigenvalue weighted by molar-refractivity contribution is 0.0702. The average Bonchev–Trinajstić information content (AvgIpc) is 3.33. The lowest BCUT2D eigenvalue weighted by Gasteiger charge is -2.12. The number of hydrogen-bond donors (Lipinski definition) is 2. The van der Waals surface area contributed by atoms with Gasteiger partial charge in [-0.25, -0.2) is 14.2 Å². The number of aromatic carboxylic acids is 1. The maximum absolute atomic E-state index is 14.4. The Balaban J connectivity index is 1.55. The first kappa shape index (κ1) is 18.6. The fraction of sp³-hybridized carbons (Fsp3) is 0.316. The second kappa shape index (κ2) is 7.69. The van der Waals surface area contributed by atoms with E-state index >= 15 is 0 Å². The van der Waals surface area contributed by atoms with Gasteiger partial charge in [-0.3, -0.25) is 9.36 Å². The van der Waals surface area contributed by atoms with E-state index in [2.05, 4.69) is 10.3 Å². The summed E-state index contributed by atoms with van der Waals surface area (Å²) in [7, 11) is 0. The van der Waals surface area contributed by atoms with Gasteiger partial charge in [0.2, 0.25) is 0 Å². The minimum atomic E-state index is -1.12. The van der Waals surface area contributed by atoms with Gasteiger partial charge in [-0.15, -0.1) is 11.3 Å². The largest absolute Gasteiger partial charge is 0.490 e. The van der Waals surface area contributed by atoms with Crippen LogP contribution in [0.5, 0.6) is 5.75 Å². The van der Waals surface area contributed by atoms with E-state index in [4.69, 9.17) is 9.84 Å². The zero-order chi connectivity index (χ0) is 19.7. The van der Waals surface area contributed by atoms with Crippen LogP contribution < -0.4 is 15.6 Å². The number of carboxylic acids is 1. The van der Waals surface area contributed by atoms with Gasteiger partial charge in [0, 0.05) is 12.1 Å². The molecule has 0 spiro atoms. The Bertz CT molecular complexity index is 1090. The third-order valence-electron chi connectivity index (χ3n) is 4.73. The Hall–Kier alpha value is -2.78. The average molecular weight is 403 g/mol. The van der Waals surface area contributed by atoms with Crippen molar-refractivity contribution < 1.29 is 19.0 Å². The van der Waals surface area contributed by atoms with Gasteiger partial charge in [0.05, 0.1) is 17.8 Å². The van der Waals surface area contributed by atoms with Gasteiger partial charge >= 0.3 is 5.97 Å². The summed E-state index contributed by atoms with van der Waals surface area (Å²) in [4.78, 5) is 27.9. The first-order valence-electron chi connectivity index (χ1n) is 8.93. The van der Waals surface area contributed by atoms with Crippen molar-refractivity contribution in [3.8, 4) is 11.4 Å². The number of nitrogens with zero attached hydrogens (tertiary/aromatic N) is 2. The molecule has 2 N–H and O–H groups in total. The number of benzene rings is 1. The number of carbonyl (C=O) groups is 1. The van der Waals surface area contributed by atoms with Crippen molar-refractivity contribution in [1.82, 2.24) is 14.9 Å². The molecule has 0 aliphatic carbocycles. The van der Waals surface area contributed by atoms with Crippen molar-refractivity contribution in [3.05, 3.63) is 51.6 Å². The summed E-state index contributed by atoms with van der Waals surface area (Å²) < 4.78 is 21.4. The molecule has 1 aromatic carbocycles. The van der Waals surface area contributed by atoms with Crippen LogP contribution in [-0.2, 0) is 0 Å². The van der Waals surface area contributed by atoms with Gasteiger partial charge in [0.15, 0.2) is 11.6 Å². The number of carboxylic acid groups (broad SMARTS) is 1. The maximum Gasteiger partial charge on any atom is 0.345 e. The highest BCUT2D eigenvalue weighted by molar-refractivity contribution is 7.20. The van der Waals surface area contributed by atoms with Crippen LogP contribution in [0, 0.1) is 5.82 Å². The smallest absolute Gasteiger partial charge is 0.345 e. The summed E-state index contributed by atoms with van der Waals surface area (Å²) in [5, 5.41) is 12.4. The predicted octanol–water partition coefficient (Wildman–Crippen LogP) is 2.81. The zero-order valence-electron chi connectivity index (χ0n) is 14.9. The van der Waals surface area contributed by atoms with Gasteiger partial charge in [-0.2, -0.15) is 0 Å². The van der Waals surface area contributed by atoms with E-state index in [9.17, 15) is 14.0 Å². The van der Waals surface area contributed by atoms with E-state index in [1.807, 2.05) is 0 Å². The summed E-state index contributed by atoms with van der Waals surface area (Å²) in [6, 6.07) is 6.04. The van der Waals surface area contributed by atoms with E-state index in [1.54, 1.807) is 6.07 Å². The topological polar surface area (TPSA) is 93.4 Å². The van der Waals surface area contributed by atoms with Crippen molar-refractivity contribution in [2.45, 2.75) is 25.3 Å². The Morgan fingerprint density at radius 2 is 2.29 bits per heavy atom. The lowest BCUT2D eigenvalue weighted by Crippen LogP contribution is -2.23. The normalized spacial score (nSPS) is 16.5. The minimum absolute atomic E-state index is 0.0315. The van der Waals surface area contributed by atoms with Crippen molar-refractivity contribution in [1.29, 1.82) is 0 Å². The molecule has 1 aliphatic heterocycles. The molecule has 0 amide bonds. The zero-order valence-corrected chi connectivity index (χ0v) is 15.7. The molecule has 0 bridgehead atoms. The number of halogens is 1. The van der Waals surface area contributed by atoms with Crippen molar-refractivity contribution in [3.63, 3.8) is 0 Å². The van der Waals surface area contributed by atoms with Gasteiger partial charge in [-0.05, 0) is 44.0 Å². The summed E-state index contributed by atoms with van der Waals surface area (Å²) in [5.41, 5.74) is 0.166. The van der Waals surface area contributed by atoms with Gasteiger partial charge in [-0.1, -0.05) is 0 Å². The molecule has 146 valence electrons. The summed E-state index contributed by atoms with van der Waals surface area (Å²) in [5.74, 6) is -1.55. The second-order valence-electron chi connectivity index (χ2n) is 6.60. The quantitative estimate of drug-likeness (QED) is 0.657. The maximum atomic E-state index is 14.4. The minimum Gasteiger partial charge on any atom is -0.490 e. The number of fused-ring (bicyclic) bond motifs is 1. The standard InChI is InChI=1S/C19H18FN3O4S/c20-13-8-12(3-4-15(13)27-7-5-11-2-1-6-21-11)23-10-22-14-9-16(19(25)26)28-17(14)18(23)24/h3-4,8-11,21H,1-2,5-7H2,(H,25,26). The second-order valence-corrected chi connectivity index (χ2v) is 7.65. The van der Waals surface area contributed by atoms with Crippen LogP contribution in [0.3, 0.4) is 0 Å². The monoisotopic (exact) mass is 403 g/mol. The molecule has 1 fully saturated rings. The highest BCUT2D eigenvalue weighted by Gasteiger charge is 2.16. The molecule has 1 unspecified atom stereocenters. The molecule has 7 nitrogen and oxygen atoms in total. The first-order valence-corrected chi connectivity index (χ1v) is 9.75. The molecule has 0 radical (unpaired) electrons. The molecule has 1 atom stereocenters. The Morgan fingerprint density at radius 3 is 3.00 bits per heavy atom. The summed E-state index contributed by atoms with van der Waals surface area (Å²) in [6.07, 6.45) is 4.34. The van der Waals surface area contributed by atoms with Crippen molar-refractivity contribution in [2.75, 3.05) is 13.2 Å². The van der Waals surface area contributed by atoms with Crippen molar-refractivity contribution >= 4 is 27.5 Å². The Morgan fingerprint density at radius 1 is 1.43 bits per heavy atom. The SMILES string of the molecule is O=C(O)c1cc2ncn(-c3ccc(OCCC4CCCN4)c(F)c3)c(=O)c2s1. The lowest BCUT2D eigenvalue weighted by atomic mass is 10.2. The molecule has 28 heavy (non-hydrogen) atoms. The van der Waals surface area contributed by atoms with Crippen LogP contribution >= 0.6 is 11.3 Å². The molecule has 2 aromatic heterocycles. The molecule has 9 heteroatoms. The molecule has 3 heterocycles. The predicted molar refractivity (Wildman–Crippen MR) is 103 cm³/mol. The van der Waals surface area contributed by atoms with E-state index < -0.39 is 17.3 Å². The Labute approximate surface area is 163 Å². The number of nitrogens with one attached hydrogen (secondary N) is 1. The van der Waals surface area contributed by atoms with Crippen molar-refractivity contribution in [2.24, 2.45) is 0 Å². The molecular weight excluding hydrogens is 385 g/mol. The number of ether oxygens (including phenoxy) is 1. The fourth-order valence-electron chi connectivity index (χ4n) is 3.27. The fourth-order valence-corrected chi connectivity index (χ4v) is 4.15. The van der Waals surface area contributed by atoms with Gasteiger partial charge in [0.25, 0.3) is 5.56 Å². The third kappa shape index (κ3) is 3.63. The van der Waals surface area contributed by atoms with E-state index in [0.717, 1.165) is 37.1 Å². The molecule has 3 aromatic rings. The van der Waals surface area contributed by atoms with Gasteiger partial charge in [0.1, 0.15) is 15.9 Å². The van der Waals surface area contributed by atoms with Gasteiger partial charge < -0.3 is 15.2 Å². The number of rotatable bonds is 6. The van der Waals surface area contributed by atoms with Crippen LogP contribution in [0.15, 0.2) is 35.4 Å². The van der Waals surface area contributed by atoms with Crippen LogP contribution in [0.4, 0.5) is 4.39 Å². The van der Waals surface area contributed by atoms with E-state index in [-0.39, 0.29) is 15.3 Å². The van der Waals surface area contributed by atoms with Crippen LogP contribution in [-0.4, -0.2) is 39.8 Å². The summed E-state index contributed by atoms with van der Waals surface area (Å²) >= 11 is 0.852. The number of thiophene rings is 1. The van der Waals surface area contributed by atoms with Crippen LogP contribution in [0.2, 0.25) is 0 Å². The molecular formula is C19H18FN3O4S. The highest BCUT2D eigenvalue weighted by Crippen LogP contribution is 2.23. The summed E-state index contributed by atoms with van der Waals surface area (Å²) in [6.45, 7) is 1.42. The highest BCUT2D eigenvalue weighted by atomic mass is 32.1.